The molecule has 0 amide bonds. The average Bonchev–Trinajstić information content (AvgIpc) is 2.34. The molecule has 0 aliphatic carbocycles. The first-order chi connectivity index (χ1) is 8.22. The van der Waals surface area contributed by atoms with E-state index in [-0.39, 0.29) is 0 Å². The van der Waals surface area contributed by atoms with Crippen LogP contribution in [0.3, 0.4) is 0 Å². The lowest BCUT2D eigenvalue weighted by molar-refractivity contribution is 0.297. The van der Waals surface area contributed by atoms with Gasteiger partial charge in [-0.2, -0.15) is 0 Å². The first-order valence-electron chi connectivity index (χ1n) is 6.67. The Hall–Kier alpha value is -0.860. The van der Waals surface area contributed by atoms with Crippen LogP contribution in [0.2, 0.25) is 0 Å². The van der Waals surface area contributed by atoms with E-state index in [2.05, 4.69) is 49.7 Å². The van der Waals surface area contributed by atoms with Crippen molar-refractivity contribution >= 4 is 0 Å². The number of hydrogen-bond acceptors (Lipinski definition) is 2. The van der Waals surface area contributed by atoms with E-state index in [1.165, 1.54) is 36.1 Å². The van der Waals surface area contributed by atoms with Gasteiger partial charge < -0.3 is 10.6 Å². The average molecular weight is 232 g/mol. The van der Waals surface area contributed by atoms with Gasteiger partial charge in [0.15, 0.2) is 0 Å². The minimum atomic E-state index is 0.489. The van der Waals surface area contributed by atoms with Crippen molar-refractivity contribution in [2.24, 2.45) is 5.92 Å². The number of piperidine rings is 1. The van der Waals surface area contributed by atoms with Gasteiger partial charge in [0.1, 0.15) is 0 Å². The Balaban J connectivity index is 2.21. The van der Waals surface area contributed by atoms with E-state index in [1.807, 2.05) is 0 Å². The van der Waals surface area contributed by atoms with Crippen molar-refractivity contribution in [1.82, 2.24) is 10.6 Å². The summed E-state index contributed by atoms with van der Waals surface area (Å²) in [5.74, 6) is 0.718. The topological polar surface area (TPSA) is 24.1 Å². The molecule has 0 saturated carbocycles. The zero-order valence-corrected chi connectivity index (χ0v) is 11.2. The summed E-state index contributed by atoms with van der Waals surface area (Å²) in [4.78, 5) is 0. The second kappa shape index (κ2) is 5.65. The molecule has 17 heavy (non-hydrogen) atoms. The molecule has 1 heterocycles. The maximum absolute atomic E-state index is 3.51. The third kappa shape index (κ3) is 2.88. The summed E-state index contributed by atoms with van der Waals surface area (Å²) < 4.78 is 0. The van der Waals surface area contributed by atoms with Crippen LogP contribution in [0.4, 0.5) is 0 Å². The van der Waals surface area contributed by atoms with Gasteiger partial charge in [0.2, 0.25) is 0 Å². The molecule has 2 heteroatoms. The molecule has 2 rings (SSSR count). The lowest BCUT2D eigenvalue weighted by Gasteiger charge is -2.32. The lowest BCUT2D eigenvalue weighted by Crippen LogP contribution is -2.37. The molecule has 2 nitrogen and oxygen atoms in total. The van der Waals surface area contributed by atoms with Gasteiger partial charge in [-0.15, -0.1) is 0 Å². The number of benzene rings is 1. The smallest absolute Gasteiger partial charge is 0.0360 e. The van der Waals surface area contributed by atoms with Crippen LogP contribution in [0.1, 0.15) is 35.6 Å². The van der Waals surface area contributed by atoms with Crippen molar-refractivity contribution in [2.75, 3.05) is 20.1 Å². The first kappa shape index (κ1) is 12.6. The van der Waals surface area contributed by atoms with Crippen LogP contribution >= 0.6 is 0 Å². The van der Waals surface area contributed by atoms with E-state index in [9.17, 15) is 0 Å². The maximum Gasteiger partial charge on any atom is 0.0360 e. The van der Waals surface area contributed by atoms with Gasteiger partial charge in [-0.3, -0.25) is 0 Å². The van der Waals surface area contributed by atoms with Crippen molar-refractivity contribution < 1.29 is 0 Å². The summed E-state index contributed by atoms with van der Waals surface area (Å²) in [5.41, 5.74) is 4.23. The van der Waals surface area contributed by atoms with Crippen LogP contribution in [0.15, 0.2) is 18.2 Å². The molecular weight excluding hydrogens is 208 g/mol. The van der Waals surface area contributed by atoms with Crippen LogP contribution in [0, 0.1) is 19.8 Å². The van der Waals surface area contributed by atoms with Gasteiger partial charge in [-0.05, 0) is 63.9 Å². The van der Waals surface area contributed by atoms with Crippen LogP contribution in [0.5, 0.6) is 0 Å². The van der Waals surface area contributed by atoms with Crippen LogP contribution in [-0.2, 0) is 0 Å². The molecule has 2 N–H and O–H groups in total. The first-order valence-corrected chi connectivity index (χ1v) is 6.67. The summed E-state index contributed by atoms with van der Waals surface area (Å²) in [5, 5.41) is 7.02. The molecule has 2 unspecified atom stereocenters. The molecule has 94 valence electrons. The summed E-state index contributed by atoms with van der Waals surface area (Å²) >= 11 is 0. The van der Waals surface area contributed by atoms with Gasteiger partial charge in [0, 0.05) is 6.04 Å². The van der Waals surface area contributed by atoms with Crippen molar-refractivity contribution in [3.63, 3.8) is 0 Å². The predicted octanol–water partition coefficient (Wildman–Crippen LogP) is 2.56. The highest BCUT2D eigenvalue weighted by molar-refractivity contribution is 5.33. The van der Waals surface area contributed by atoms with E-state index in [0.29, 0.717) is 6.04 Å². The fraction of sp³-hybridized carbons (Fsp3) is 0.600. The van der Waals surface area contributed by atoms with Crippen LogP contribution in [0.25, 0.3) is 0 Å². The van der Waals surface area contributed by atoms with E-state index < -0.39 is 0 Å². The van der Waals surface area contributed by atoms with E-state index >= 15 is 0 Å². The molecular formula is C15H24N2. The minimum Gasteiger partial charge on any atom is -0.316 e. The zero-order chi connectivity index (χ0) is 12.3. The minimum absolute atomic E-state index is 0.489. The van der Waals surface area contributed by atoms with E-state index in [4.69, 9.17) is 0 Å². The number of hydrogen-bond donors (Lipinski definition) is 2. The standard InChI is InChI=1S/C15H24N2/c1-11-6-7-14(12(2)9-11)15(16-3)13-5-4-8-17-10-13/h6-7,9,13,15-17H,4-5,8,10H2,1-3H3. The molecule has 0 radical (unpaired) electrons. The van der Waals surface area contributed by atoms with Crippen molar-refractivity contribution in [3.8, 4) is 0 Å². The molecule has 1 fully saturated rings. The molecule has 1 saturated heterocycles. The second-order valence-electron chi connectivity index (χ2n) is 5.23. The molecule has 1 aromatic rings. The van der Waals surface area contributed by atoms with Gasteiger partial charge in [-0.1, -0.05) is 23.8 Å². The fourth-order valence-electron chi connectivity index (χ4n) is 2.98. The number of nitrogens with one attached hydrogen (secondary N) is 2. The summed E-state index contributed by atoms with van der Waals surface area (Å²) in [6.45, 7) is 6.70. The van der Waals surface area contributed by atoms with Gasteiger partial charge in [-0.25, -0.2) is 0 Å². The Morgan fingerprint density at radius 1 is 1.35 bits per heavy atom. The lowest BCUT2D eigenvalue weighted by atomic mass is 9.85. The maximum atomic E-state index is 3.51. The highest BCUT2D eigenvalue weighted by Gasteiger charge is 2.24. The van der Waals surface area contributed by atoms with Crippen molar-refractivity contribution in [2.45, 2.75) is 32.7 Å². The quantitative estimate of drug-likeness (QED) is 0.837. The molecule has 2 atom stereocenters. The van der Waals surface area contributed by atoms with Crippen molar-refractivity contribution in [1.29, 1.82) is 0 Å². The van der Waals surface area contributed by atoms with Crippen molar-refractivity contribution in [3.05, 3.63) is 34.9 Å². The fourth-order valence-corrected chi connectivity index (χ4v) is 2.98. The Bertz CT molecular complexity index is 367. The third-order valence-corrected chi connectivity index (χ3v) is 3.88. The van der Waals surface area contributed by atoms with Gasteiger partial charge >= 0.3 is 0 Å². The third-order valence-electron chi connectivity index (χ3n) is 3.88. The Morgan fingerprint density at radius 2 is 2.18 bits per heavy atom. The van der Waals surface area contributed by atoms with Crippen LogP contribution in [-0.4, -0.2) is 20.1 Å². The van der Waals surface area contributed by atoms with Crippen LogP contribution < -0.4 is 10.6 Å². The van der Waals surface area contributed by atoms with E-state index in [1.54, 1.807) is 0 Å². The molecule has 0 aromatic heterocycles. The predicted molar refractivity (Wildman–Crippen MR) is 73.3 cm³/mol. The number of aryl methyl sites for hydroxylation is 2. The Kier molecular flexibility index (Phi) is 4.19. The molecule has 1 aliphatic rings. The SMILES string of the molecule is CNC(c1ccc(C)cc1C)C1CCCNC1. The zero-order valence-electron chi connectivity index (χ0n) is 11.2. The molecule has 1 aliphatic heterocycles. The van der Waals surface area contributed by atoms with Gasteiger partial charge in [0.05, 0.1) is 0 Å². The largest absolute Gasteiger partial charge is 0.316 e. The summed E-state index contributed by atoms with van der Waals surface area (Å²) in [6, 6.07) is 7.29. The summed E-state index contributed by atoms with van der Waals surface area (Å²) in [6.07, 6.45) is 2.62. The molecule has 0 spiro atoms. The summed E-state index contributed by atoms with van der Waals surface area (Å²) in [7, 11) is 2.08. The van der Waals surface area contributed by atoms with Gasteiger partial charge in [0.25, 0.3) is 0 Å². The Morgan fingerprint density at radius 3 is 2.76 bits per heavy atom. The normalized spacial score (nSPS) is 22.4. The molecule has 1 aromatic carbocycles. The molecule has 0 bridgehead atoms. The second-order valence-corrected chi connectivity index (χ2v) is 5.23. The highest BCUT2D eigenvalue weighted by Crippen LogP contribution is 2.29. The number of rotatable bonds is 3. The monoisotopic (exact) mass is 232 g/mol. The Labute approximate surface area is 105 Å². The van der Waals surface area contributed by atoms with E-state index in [0.717, 1.165) is 12.5 Å². The highest BCUT2D eigenvalue weighted by atomic mass is 14.9.